The Hall–Kier alpha value is -2.48. The van der Waals surface area contributed by atoms with Gasteiger partial charge in [0.2, 0.25) is 0 Å². The maximum absolute atomic E-state index is 13.5. The number of nitrogen functional groups attached to an aromatic ring is 1. The molecule has 1 aromatic heterocycles. The summed E-state index contributed by atoms with van der Waals surface area (Å²) in [6.07, 6.45) is 2.60. The lowest BCUT2D eigenvalue weighted by Crippen LogP contribution is -1.95. The highest BCUT2D eigenvalue weighted by atomic mass is 19.1. The standard InChI is InChI=1S/C11H7FN4/c12-10-2-1-8(14)3-9(10)11-7(4-13)5-15-6-16-11/h1-3,5-6H,14H2. The first-order chi connectivity index (χ1) is 7.72. The smallest absolute Gasteiger partial charge is 0.132 e. The van der Waals surface area contributed by atoms with Gasteiger partial charge in [0.05, 0.1) is 11.3 Å². The van der Waals surface area contributed by atoms with Gasteiger partial charge in [0, 0.05) is 17.4 Å². The summed E-state index contributed by atoms with van der Waals surface area (Å²) in [7, 11) is 0. The molecule has 0 aliphatic heterocycles. The molecule has 0 aliphatic carbocycles. The molecule has 1 aromatic carbocycles. The molecule has 0 aliphatic rings. The Morgan fingerprint density at radius 1 is 1.38 bits per heavy atom. The molecule has 0 unspecified atom stereocenters. The molecule has 4 nitrogen and oxygen atoms in total. The van der Waals surface area contributed by atoms with Crippen LogP contribution in [0, 0.1) is 17.1 Å². The van der Waals surface area contributed by atoms with Crippen molar-refractivity contribution < 1.29 is 4.39 Å². The molecule has 0 spiro atoms. The fraction of sp³-hybridized carbons (Fsp3) is 0. The summed E-state index contributed by atoms with van der Waals surface area (Å²) in [5.41, 5.74) is 6.65. The van der Waals surface area contributed by atoms with Crippen LogP contribution in [0.3, 0.4) is 0 Å². The van der Waals surface area contributed by atoms with Crippen molar-refractivity contribution in [2.75, 3.05) is 5.73 Å². The zero-order valence-electron chi connectivity index (χ0n) is 8.18. The largest absolute Gasteiger partial charge is 0.399 e. The van der Waals surface area contributed by atoms with Gasteiger partial charge in [-0.2, -0.15) is 5.26 Å². The van der Waals surface area contributed by atoms with E-state index in [1.165, 1.54) is 30.7 Å². The minimum absolute atomic E-state index is 0.207. The molecular weight excluding hydrogens is 207 g/mol. The first-order valence-electron chi connectivity index (χ1n) is 4.48. The second kappa shape index (κ2) is 3.95. The molecule has 2 rings (SSSR count). The van der Waals surface area contributed by atoms with Crippen molar-refractivity contribution in [3.63, 3.8) is 0 Å². The van der Waals surface area contributed by atoms with Crippen molar-refractivity contribution in [2.24, 2.45) is 0 Å². The lowest BCUT2D eigenvalue weighted by molar-refractivity contribution is 0.631. The van der Waals surface area contributed by atoms with Crippen LogP contribution < -0.4 is 5.73 Å². The summed E-state index contributed by atoms with van der Waals surface area (Å²) in [5, 5.41) is 8.86. The quantitative estimate of drug-likeness (QED) is 0.733. The topological polar surface area (TPSA) is 75.6 Å². The highest BCUT2D eigenvalue weighted by Crippen LogP contribution is 2.25. The van der Waals surface area contributed by atoms with Gasteiger partial charge < -0.3 is 5.73 Å². The summed E-state index contributed by atoms with van der Waals surface area (Å²) in [4.78, 5) is 7.60. The monoisotopic (exact) mass is 214 g/mol. The highest BCUT2D eigenvalue weighted by molar-refractivity contribution is 5.69. The van der Waals surface area contributed by atoms with Gasteiger partial charge in [0.25, 0.3) is 0 Å². The van der Waals surface area contributed by atoms with E-state index in [1.807, 2.05) is 6.07 Å². The predicted octanol–water partition coefficient (Wildman–Crippen LogP) is 1.74. The molecule has 0 atom stereocenters. The Morgan fingerprint density at radius 3 is 2.94 bits per heavy atom. The summed E-state index contributed by atoms with van der Waals surface area (Å²) in [6, 6.07) is 6.05. The molecule has 0 saturated carbocycles. The van der Waals surface area contributed by atoms with Crippen molar-refractivity contribution in [1.29, 1.82) is 5.26 Å². The van der Waals surface area contributed by atoms with Crippen molar-refractivity contribution in [2.45, 2.75) is 0 Å². The van der Waals surface area contributed by atoms with E-state index < -0.39 is 5.82 Å². The average molecular weight is 214 g/mol. The lowest BCUT2D eigenvalue weighted by atomic mass is 10.1. The molecular formula is C11H7FN4. The minimum Gasteiger partial charge on any atom is -0.399 e. The van der Waals surface area contributed by atoms with E-state index in [2.05, 4.69) is 9.97 Å². The third kappa shape index (κ3) is 1.68. The van der Waals surface area contributed by atoms with E-state index in [9.17, 15) is 4.39 Å². The Kier molecular flexibility index (Phi) is 2.48. The van der Waals surface area contributed by atoms with Gasteiger partial charge in [-0.3, -0.25) is 0 Å². The number of nitrogens with zero attached hydrogens (tertiary/aromatic N) is 3. The summed E-state index contributed by atoms with van der Waals surface area (Å²) >= 11 is 0. The number of halogens is 1. The molecule has 0 bridgehead atoms. The van der Waals surface area contributed by atoms with E-state index in [-0.39, 0.29) is 16.8 Å². The molecule has 0 saturated heterocycles. The molecule has 1 heterocycles. The normalized spacial score (nSPS) is 9.75. The Labute approximate surface area is 91.2 Å². The van der Waals surface area contributed by atoms with Crippen LogP contribution >= 0.6 is 0 Å². The highest BCUT2D eigenvalue weighted by Gasteiger charge is 2.11. The van der Waals surface area contributed by atoms with E-state index in [0.29, 0.717) is 5.69 Å². The number of nitrogens with two attached hydrogens (primary N) is 1. The third-order valence-electron chi connectivity index (χ3n) is 2.08. The molecule has 5 heteroatoms. The van der Waals surface area contributed by atoms with Crippen LogP contribution in [0.1, 0.15) is 5.56 Å². The van der Waals surface area contributed by atoms with E-state index in [1.54, 1.807) is 0 Å². The van der Waals surface area contributed by atoms with Gasteiger partial charge in [-0.1, -0.05) is 0 Å². The number of benzene rings is 1. The summed E-state index contributed by atoms with van der Waals surface area (Å²) in [5.74, 6) is -0.468. The molecule has 16 heavy (non-hydrogen) atoms. The number of rotatable bonds is 1. The van der Waals surface area contributed by atoms with Crippen molar-refractivity contribution in [3.8, 4) is 17.3 Å². The number of anilines is 1. The van der Waals surface area contributed by atoms with Crippen molar-refractivity contribution in [3.05, 3.63) is 42.1 Å². The second-order valence-electron chi connectivity index (χ2n) is 3.14. The molecule has 0 radical (unpaired) electrons. The molecule has 78 valence electrons. The van der Waals surface area contributed by atoms with Crippen molar-refractivity contribution in [1.82, 2.24) is 9.97 Å². The zero-order valence-corrected chi connectivity index (χ0v) is 8.18. The maximum Gasteiger partial charge on any atom is 0.132 e. The van der Waals surface area contributed by atoms with Crippen LogP contribution in [0.4, 0.5) is 10.1 Å². The number of hydrogen-bond donors (Lipinski definition) is 1. The van der Waals surface area contributed by atoms with Crippen LogP contribution in [-0.4, -0.2) is 9.97 Å². The van der Waals surface area contributed by atoms with Gasteiger partial charge in [-0.15, -0.1) is 0 Å². The summed E-state index contributed by atoms with van der Waals surface area (Å²) < 4.78 is 13.5. The SMILES string of the molecule is N#Cc1cncnc1-c1cc(N)ccc1F. The van der Waals surface area contributed by atoms with Crippen molar-refractivity contribution >= 4 is 5.69 Å². The van der Waals surface area contributed by atoms with Crippen LogP contribution in [0.25, 0.3) is 11.3 Å². The molecule has 2 N–H and O–H groups in total. The molecule has 0 amide bonds. The van der Waals surface area contributed by atoms with Crippen LogP contribution in [0.15, 0.2) is 30.7 Å². The molecule has 2 aromatic rings. The average Bonchev–Trinajstić information content (AvgIpc) is 2.32. The lowest BCUT2D eigenvalue weighted by Gasteiger charge is -2.04. The van der Waals surface area contributed by atoms with Gasteiger partial charge >= 0.3 is 0 Å². The van der Waals surface area contributed by atoms with Gasteiger partial charge in [0.15, 0.2) is 0 Å². The number of hydrogen-bond acceptors (Lipinski definition) is 4. The maximum atomic E-state index is 13.5. The molecule has 0 fully saturated rings. The van der Waals surface area contributed by atoms with Crippen LogP contribution in [0.2, 0.25) is 0 Å². The van der Waals surface area contributed by atoms with E-state index in [4.69, 9.17) is 11.0 Å². The minimum atomic E-state index is -0.468. The Balaban J connectivity index is 2.68. The first-order valence-corrected chi connectivity index (χ1v) is 4.48. The van der Waals surface area contributed by atoms with E-state index >= 15 is 0 Å². The van der Waals surface area contributed by atoms with Crippen LogP contribution in [-0.2, 0) is 0 Å². The van der Waals surface area contributed by atoms with Gasteiger partial charge in [0.1, 0.15) is 18.2 Å². The van der Waals surface area contributed by atoms with E-state index in [0.717, 1.165) is 0 Å². The Morgan fingerprint density at radius 2 is 2.19 bits per heavy atom. The van der Waals surface area contributed by atoms with Gasteiger partial charge in [-0.05, 0) is 18.2 Å². The number of aromatic nitrogens is 2. The van der Waals surface area contributed by atoms with Crippen LogP contribution in [0.5, 0.6) is 0 Å². The second-order valence-corrected chi connectivity index (χ2v) is 3.14. The zero-order chi connectivity index (χ0) is 11.5. The first kappa shape index (κ1) is 10.1. The van der Waals surface area contributed by atoms with Gasteiger partial charge in [-0.25, -0.2) is 14.4 Å². The number of nitriles is 1. The third-order valence-corrected chi connectivity index (χ3v) is 2.08. The summed E-state index contributed by atoms with van der Waals surface area (Å²) in [6.45, 7) is 0. The fourth-order valence-corrected chi connectivity index (χ4v) is 1.35. The fourth-order valence-electron chi connectivity index (χ4n) is 1.35. The predicted molar refractivity (Wildman–Crippen MR) is 56.6 cm³/mol. The Bertz CT molecular complexity index is 574.